The molecule has 0 aromatic carbocycles. The van der Waals surface area contributed by atoms with Crippen LogP contribution < -0.4 is 5.73 Å². The minimum Gasteiger partial charge on any atom is -0.334 e. The average molecular weight is 224 g/mol. The van der Waals surface area contributed by atoms with E-state index in [1.54, 1.807) is 18.3 Å². The first-order valence-electron chi connectivity index (χ1n) is 5.23. The van der Waals surface area contributed by atoms with Crippen LogP contribution in [0.1, 0.15) is 30.3 Å². The van der Waals surface area contributed by atoms with Gasteiger partial charge in [0.15, 0.2) is 0 Å². The van der Waals surface area contributed by atoms with Gasteiger partial charge >= 0.3 is 0 Å². The molecule has 0 bridgehead atoms. The Morgan fingerprint density at radius 1 is 1.73 bits per heavy atom. The number of rotatable bonds is 1. The SMILES string of the molecule is CC1c2ccsc2CCN1C(=O)[C@@H](C)N. The van der Waals surface area contributed by atoms with Gasteiger partial charge in [0.05, 0.1) is 12.1 Å². The zero-order chi connectivity index (χ0) is 11.0. The highest BCUT2D eigenvalue weighted by atomic mass is 32.1. The van der Waals surface area contributed by atoms with Crippen LogP contribution in [0.3, 0.4) is 0 Å². The molecule has 2 N–H and O–H groups in total. The smallest absolute Gasteiger partial charge is 0.239 e. The fraction of sp³-hybridized carbons (Fsp3) is 0.545. The standard InChI is InChI=1S/C11H16N2OS/c1-7(12)11(14)13-5-3-10-9(8(13)2)4-6-15-10/h4,6-8H,3,5,12H2,1-2H3/t7-,8?/m1/s1. The largest absolute Gasteiger partial charge is 0.334 e. The molecule has 1 aromatic rings. The number of nitrogens with two attached hydrogens (primary N) is 1. The molecule has 0 aliphatic carbocycles. The quantitative estimate of drug-likeness (QED) is 0.786. The van der Waals surface area contributed by atoms with Crippen molar-refractivity contribution in [2.45, 2.75) is 32.4 Å². The second kappa shape index (κ2) is 3.94. The van der Waals surface area contributed by atoms with Crippen molar-refractivity contribution in [3.05, 3.63) is 21.9 Å². The molecule has 1 amide bonds. The summed E-state index contributed by atoms with van der Waals surface area (Å²) in [6, 6.07) is 1.90. The van der Waals surface area contributed by atoms with Crippen LogP contribution in [0, 0.1) is 0 Å². The van der Waals surface area contributed by atoms with Crippen molar-refractivity contribution in [3.8, 4) is 0 Å². The lowest BCUT2D eigenvalue weighted by atomic mass is 10.0. The molecule has 0 spiro atoms. The maximum atomic E-state index is 11.8. The lowest BCUT2D eigenvalue weighted by Gasteiger charge is -2.34. The zero-order valence-electron chi connectivity index (χ0n) is 9.06. The number of hydrogen-bond acceptors (Lipinski definition) is 3. The lowest BCUT2D eigenvalue weighted by molar-refractivity contribution is -0.134. The van der Waals surface area contributed by atoms with E-state index in [1.165, 1.54) is 10.4 Å². The maximum Gasteiger partial charge on any atom is 0.239 e. The first-order valence-corrected chi connectivity index (χ1v) is 6.11. The van der Waals surface area contributed by atoms with Gasteiger partial charge in [0, 0.05) is 11.4 Å². The topological polar surface area (TPSA) is 46.3 Å². The summed E-state index contributed by atoms with van der Waals surface area (Å²) in [5, 5.41) is 2.10. The van der Waals surface area contributed by atoms with Crippen LogP contribution in [0.2, 0.25) is 0 Å². The Bertz CT molecular complexity index is 372. The molecule has 1 unspecified atom stereocenters. The van der Waals surface area contributed by atoms with E-state index >= 15 is 0 Å². The molecule has 2 heterocycles. The minimum absolute atomic E-state index is 0.0550. The van der Waals surface area contributed by atoms with Crippen LogP contribution in [-0.4, -0.2) is 23.4 Å². The van der Waals surface area contributed by atoms with Crippen molar-refractivity contribution in [1.82, 2.24) is 4.90 Å². The molecule has 0 radical (unpaired) electrons. The molecule has 15 heavy (non-hydrogen) atoms. The molecule has 0 saturated heterocycles. The summed E-state index contributed by atoms with van der Waals surface area (Å²) in [6.45, 7) is 4.62. The molecule has 3 nitrogen and oxygen atoms in total. The number of nitrogens with zero attached hydrogens (tertiary/aromatic N) is 1. The van der Waals surface area contributed by atoms with E-state index in [0.29, 0.717) is 0 Å². The molecule has 82 valence electrons. The van der Waals surface area contributed by atoms with E-state index in [1.807, 2.05) is 4.90 Å². The third-order valence-electron chi connectivity index (χ3n) is 2.95. The minimum atomic E-state index is -0.396. The molecule has 0 fully saturated rings. The highest BCUT2D eigenvalue weighted by molar-refractivity contribution is 7.10. The second-order valence-electron chi connectivity index (χ2n) is 4.05. The summed E-state index contributed by atoms with van der Waals surface area (Å²) in [4.78, 5) is 15.1. The first kappa shape index (κ1) is 10.6. The van der Waals surface area contributed by atoms with Crippen molar-refractivity contribution in [2.24, 2.45) is 5.73 Å². The highest BCUT2D eigenvalue weighted by Gasteiger charge is 2.29. The average Bonchev–Trinajstić information content (AvgIpc) is 2.66. The predicted molar refractivity (Wildman–Crippen MR) is 61.8 cm³/mol. The van der Waals surface area contributed by atoms with Crippen molar-refractivity contribution in [3.63, 3.8) is 0 Å². The van der Waals surface area contributed by atoms with Crippen LogP contribution in [0.5, 0.6) is 0 Å². The summed E-state index contributed by atoms with van der Waals surface area (Å²) < 4.78 is 0. The van der Waals surface area contributed by atoms with Gasteiger partial charge in [-0.2, -0.15) is 0 Å². The summed E-state index contributed by atoms with van der Waals surface area (Å²) in [5.41, 5.74) is 6.93. The molecule has 4 heteroatoms. The number of thiophene rings is 1. The van der Waals surface area contributed by atoms with Crippen LogP contribution in [-0.2, 0) is 11.2 Å². The normalized spacial score (nSPS) is 22.3. The molecule has 1 aliphatic heterocycles. The van der Waals surface area contributed by atoms with Crippen LogP contribution >= 0.6 is 11.3 Å². The monoisotopic (exact) mass is 224 g/mol. The Kier molecular flexibility index (Phi) is 2.80. The van der Waals surface area contributed by atoms with E-state index in [-0.39, 0.29) is 11.9 Å². The number of carbonyl (C=O) groups is 1. The molecular weight excluding hydrogens is 208 g/mol. The van der Waals surface area contributed by atoms with Crippen LogP contribution in [0.15, 0.2) is 11.4 Å². The third kappa shape index (κ3) is 1.79. The fourth-order valence-corrected chi connectivity index (χ4v) is 3.03. The van der Waals surface area contributed by atoms with Crippen molar-refractivity contribution in [1.29, 1.82) is 0 Å². The first-order chi connectivity index (χ1) is 7.11. The number of hydrogen-bond donors (Lipinski definition) is 1. The zero-order valence-corrected chi connectivity index (χ0v) is 9.88. The van der Waals surface area contributed by atoms with Gasteiger partial charge < -0.3 is 10.6 Å². The van der Waals surface area contributed by atoms with Gasteiger partial charge in [0.25, 0.3) is 0 Å². The number of fused-ring (bicyclic) bond motifs is 1. The van der Waals surface area contributed by atoms with Gasteiger partial charge in [-0.25, -0.2) is 0 Å². The van der Waals surface area contributed by atoms with Gasteiger partial charge in [-0.1, -0.05) is 0 Å². The molecule has 0 saturated carbocycles. The van der Waals surface area contributed by atoms with E-state index < -0.39 is 6.04 Å². The molecule has 1 aliphatic rings. The number of amides is 1. The summed E-state index contributed by atoms with van der Waals surface area (Å²) in [6.07, 6.45) is 0.968. The Balaban J connectivity index is 2.23. The van der Waals surface area contributed by atoms with Gasteiger partial charge in [-0.05, 0) is 37.3 Å². The molecular formula is C11H16N2OS. The Morgan fingerprint density at radius 3 is 3.13 bits per heavy atom. The van der Waals surface area contributed by atoms with E-state index in [0.717, 1.165) is 13.0 Å². The van der Waals surface area contributed by atoms with Crippen molar-refractivity contribution < 1.29 is 4.79 Å². The third-order valence-corrected chi connectivity index (χ3v) is 3.95. The van der Waals surface area contributed by atoms with E-state index in [4.69, 9.17) is 5.73 Å². The predicted octanol–water partition coefficient (Wildman–Crippen LogP) is 1.54. The second-order valence-corrected chi connectivity index (χ2v) is 5.05. The molecule has 2 rings (SSSR count). The molecule has 2 atom stereocenters. The lowest BCUT2D eigenvalue weighted by Crippen LogP contribution is -2.45. The van der Waals surface area contributed by atoms with Gasteiger partial charge in [0.2, 0.25) is 5.91 Å². The van der Waals surface area contributed by atoms with Crippen LogP contribution in [0.25, 0.3) is 0 Å². The maximum absolute atomic E-state index is 11.8. The van der Waals surface area contributed by atoms with Crippen molar-refractivity contribution >= 4 is 17.2 Å². The van der Waals surface area contributed by atoms with E-state index in [2.05, 4.69) is 18.4 Å². The van der Waals surface area contributed by atoms with Gasteiger partial charge in [-0.15, -0.1) is 11.3 Å². The van der Waals surface area contributed by atoms with Crippen LogP contribution in [0.4, 0.5) is 0 Å². The highest BCUT2D eigenvalue weighted by Crippen LogP contribution is 2.32. The van der Waals surface area contributed by atoms with Gasteiger partial charge in [0.1, 0.15) is 0 Å². The van der Waals surface area contributed by atoms with Gasteiger partial charge in [-0.3, -0.25) is 4.79 Å². The molecule has 1 aromatic heterocycles. The summed E-state index contributed by atoms with van der Waals surface area (Å²) in [7, 11) is 0. The Hall–Kier alpha value is -0.870. The Labute approximate surface area is 93.9 Å². The Morgan fingerprint density at radius 2 is 2.47 bits per heavy atom. The van der Waals surface area contributed by atoms with E-state index in [9.17, 15) is 4.79 Å². The van der Waals surface area contributed by atoms with Crippen molar-refractivity contribution in [2.75, 3.05) is 6.54 Å². The number of carbonyl (C=O) groups excluding carboxylic acids is 1. The summed E-state index contributed by atoms with van der Waals surface area (Å²) >= 11 is 1.78. The fourth-order valence-electron chi connectivity index (χ4n) is 2.07. The summed E-state index contributed by atoms with van der Waals surface area (Å²) in [5.74, 6) is 0.0550.